The van der Waals surface area contributed by atoms with E-state index in [0.29, 0.717) is 16.6 Å². The van der Waals surface area contributed by atoms with Crippen molar-refractivity contribution >= 4 is 10.9 Å². The summed E-state index contributed by atoms with van der Waals surface area (Å²) in [5, 5.41) is 28.5. The van der Waals surface area contributed by atoms with Gasteiger partial charge in [-0.1, -0.05) is 0 Å². The van der Waals surface area contributed by atoms with Crippen molar-refractivity contribution in [1.29, 1.82) is 0 Å². The molecular weight excluding hydrogens is 258 g/mol. The van der Waals surface area contributed by atoms with Gasteiger partial charge >= 0.3 is 0 Å². The molecule has 5 nitrogen and oxygen atoms in total. The van der Waals surface area contributed by atoms with Crippen molar-refractivity contribution in [2.24, 2.45) is 0 Å². The van der Waals surface area contributed by atoms with Crippen LogP contribution in [0.2, 0.25) is 0 Å². The molecule has 4 N–H and O–H groups in total. The molecule has 0 amide bonds. The summed E-state index contributed by atoms with van der Waals surface area (Å²) in [4.78, 5) is 15.1. The lowest BCUT2D eigenvalue weighted by Crippen LogP contribution is -2.02. The highest BCUT2D eigenvalue weighted by molar-refractivity contribution is 5.84. The van der Waals surface area contributed by atoms with Gasteiger partial charge in [0.15, 0.2) is 16.9 Å². The third kappa shape index (κ3) is 1.95. The van der Waals surface area contributed by atoms with Crippen molar-refractivity contribution in [1.82, 2.24) is 4.98 Å². The van der Waals surface area contributed by atoms with Crippen LogP contribution in [0.4, 0.5) is 0 Å². The third-order valence-corrected chi connectivity index (χ3v) is 3.10. The monoisotopic (exact) mass is 269 g/mol. The van der Waals surface area contributed by atoms with Gasteiger partial charge in [0, 0.05) is 23.2 Å². The summed E-state index contributed by atoms with van der Waals surface area (Å²) in [7, 11) is 0. The third-order valence-electron chi connectivity index (χ3n) is 3.10. The summed E-state index contributed by atoms with van der Waals surface area (Å²) in [5.74, 6) is -0.490. The zero-order valence-electron chi connectivity index (χ0n) is 10.3. The Kier molecular flexibility index (Phi) is 2.61. The summed E-state index contributed by atoms with van der Waals surface area (Å²) in [5.41, 5.74) is 1.45. The molecule has 0 aliphatic rings. The van der Waals surface area contributed by atoms with Gasteiger partial charge < -0.3 is 20.3 Å². The molecule has 1 heterocycles. The van der Waals surface area contributed by atoms with Gasteiger partial charge in [0.2, 0.25) is 0 Å². The molecule has 3 aromatic rings. The maximum atomic E-state index is 12.0. The van der Waals surface area contributed by atoms with E-state index in [2.05, 4.69) is 4.98 Å². The molecule has 0 spiro atoms. The fraction of sp³-hybridized carbons (Fsp3) is 0. The number of rotatable bonds is 1. The molecule has 0 saturated carbocycles. The average Bonchev–Trinajstić information content (AvgIpc) is 2.42. The molecule has 0 radical (unpaired) electrons. The van der Waals surface area contributed by atoms with Gasteiger partial charge in [-0.05, 0) is 35.9 Å². The molecule has 0 atom stereocenters. The van der Waals surface area contributed by atoms with Gasteiger partial charge in [-0.15, -0.1) is 0 Å². The number of hydrogen-bond donors (Lipinski definition) is 4. The zero-order valence-corrected chi connectivity index (χ0v) is 10.3. The van der Waals surface area contributed by atoms with E-state index in [1.54, 1.807) is 12.1 Å². The minimum absolute atomic E-state index is 0.138. The fourth-order valence-electron chi connectivity index (χ4n) is 2.07. The molecule has 0 unspecified atom stereocenters. The summed E-state index contributed by atoms with van der Waals surface area (Å²) >= 11 is 0. The average molecular weight is 269 g/mol. The molecule has 3 rings (SSSR count). The Balaban J connectivity index is 2.26. The van der Waals surface area contributed by atoms with Gasteiger partial charge in [0.25, 0.3) is 0 Å². The Morgan fingerprint density at radius 2 is 1.50 bits per heavy atom. The molecule has 0 saturated heterocycles. The molecule has 0 bridgehead atoms. The Morgan fingerprint density at radius 3 is 2.20 bits per heavy atom. The number of aromatic amines is 1. The number of aromatic nitrogens is 1. The van der Waals surface area contributed by atoms with Crippen LogP contribution in [0.5, 0.6) is 17.2 Å². The lowest BCUT2D eigenvalue weighted by molar-refractivity contribution is 0.405. The Labute approximate surface area is 113 Å². The van der Waals surface area contributed by atoms with E-state index in [1.165, 1.54) is 30.3 Å². The first-order chi connectivity index (χ1) is 9.54. The molecule has 0 aliphatic heterocycles. The second kappa shape index (κ2) is 4.31. The minimum Gasteiger partial charge on any atom is -0.508 e. The number of nitrogens with one attached hydrogen (secondary N) is 1. The molecule has 1 aromatic heterocycles. The summed E-state index contributed by atoms with van der Waals surface area (Å²) in [6.45, 7) is 0. The first-order valence-electron chi connectivity index (χ1n) is 5.93. The summed E-state index contributed by atoms with van der Waals surface area (Å²) in [6.07, 6.45) is 0. The normalized spacial score (nSPS) is 10.8. The van der Waals surface area contributed by atoms with Crippen LogP contribution >= 0.6 is 0 Å². The smallest absolute Gasteiger partial charge is 0.190 e. The van der Waals surface area contributed by atoms with Crippen molar-refractivity contribution in [2.75, 3.05) is 0 Å². The summed E-state index contributed by atoms with van der Waals surface area (Å²) < 4.78 is 0. The number of fused-ring (bicyclic) bond motifs is 1. The van der Waals surface area contributed by atoms with E-state index in [1.807, 2.05) is 0 Å². The Bertz CT molecular complexity index is 850. The van der Waals surface area contributed by atoms with E-state index in [-0.39, 0.29) is 22.7 Å². The van der Waals surface area contributed by atoms with E-state index < -0.39 is 0 Å². The van der Waals surface area contributed by atoms with Crippen LogP contribution in [0.1, 0.15) is 0 Å². The Morgan fingerprint density at radius 1 is 0.850 bits per heavy atom. The maximum absolute atomic E-state index is 12.0. The van der Waals surface area contributed by atoms with E-state index >= 15 is 0 Å². The molecule has 0 fully saturated rings. The van der Waals surface area contributed by atoms with Crippen LogP contribution in [0, 0.1) is 0 Å². The highest BCUT2D eigenvalue weighted by Gasteiger charge is 2.08. The van der Waals surface area contributed by atoms with Gasteiger partial charge in [-0.3, -0.25) is 4.79 Å². The van der Waals surface area contributed by atoms with Crippen molar-refractivity contribution in [3.05, 3.63) is 52.7 Å². The number of hydrogen-bond acceptors (Lipinski definition) is 4. The van der Waals surface area contributed by atoms with E-state index in [9.17, 15) is 20.1 Å². The fourth-order valence-corrected chi connectivity index (χ4v) is 2.07. The first kappa shape index (κ1) is 12.1. The number of pyridine rings is 1. The SMILES string of the molecule is O=c1cc(-c2ccc(O)cc2)[nH]c2cc(O)c(O)cc12. The van der Waals surface area contributed by atoms with Crippen LogP contribution < -0.4 is 5.43 Å². The molecule has 0 aliphatic carbocycles. The van der Waals surface area contributed by atoms with Crippen LogP contribution in [-0.2, 0) is 0 Å². The number of phenolic OH excluding ortho intramolecular Hbond substituents is 3. The van der Waals surface area contributed by atoms with Gasteiger partial charge in [-0.2, -0.15) is 0 Å². The summed E-state index contributed by atoms with van der Waals surface area (Å²) in [6, 6.07) is 10.3. The lowest BCUT2D eigenvalue weighted by Gasteiger charge is -2.06. The van der Waals surface area contributed by atoms with Crippen LogP contribution in [-0.4, -0.2) is 20.3 Å². The van der Waals surface area contributed by atoms with E-state index in [4.69, 9.17) is 0 Å². The largest absolute Gasteiger partial charge is 0.508 e. The van der Waals surface area contributed by atoms with Crippen LogP contribution in [0.15, 0.2) is 47.3 Å². The Hall–Kier alpha value is -2.95. The number of aromatic hydroxyl groups is 3. The van der Waals surface area contributed by atoms with Crippen LogP contribution in [0.3, 0.4) is 0 Å². The van der Waals surface area contributed by atoms with Crippen molar-refractivity contribution in [2.45, 2.75) is 0 Å². The van der Waals surface area contributed by atoms with E-state index in [0.717, 1.165) is 5.56 Å². The highest BCUT2D eigenvalue weighted by atomic mass is 16.3. The quantitative estimate of drug-likeness (QED) is 0.510. The van der Waals surface area contributed by atoms with Gasteiger partial charge in [0.1, 0.15) is 5.75 Å². The van der Waals surface area contributed by atoms with Crippen molar-refractivity contribution in [3.63, 3.8) is 0 Å². The minimum atomic E-state index is -0.333. The zero-order chi connectivity index (χ0) is 14.3. The van der Waals surface area contributed by atoms with Crippen molar-refractivity contribution < 1.29 is 15.3 Å². The highest BCUT2D eigenvalue weighted by Crippen LogP contribution is 2.29. The van der Waals surface area contributed by atoms with Crippen LogP contribution in [0.25, 0.3) is 22.2 Å². The number of H-pyrrole nitrogens is 1. The maximum Gasteiger partial charge on any atom is 0.190 e. The predicted molar refractivity (Wildman–Crippen MR) is 75.0 cm³/mol. The molecular formula is C15H11NO4. The second-order valence-corrected chi connectivity index (χ2v) is 4.48. The topological polar surface area (TPSA) is 93.5 Å². The standard InChI is InChI=1S/C15H11NO4/c17-9-3-1-8(2-4-9)11-6-13(18)10-5-14(19)15(20)7-12(10)16-11/h1-7,17,19-20H,(H,16,18). The second-order valence-electron chi connectivity index (χ2n) is 4.48. The number of benzene rings is 2. The molecule has 100 valence electrons. The molecule has 2 aromatic carbocycles. The first-order valence-corrected chi connectivity index (χ1v) is 5.93. The lowest BCUT2D eigenvalue weighted by atomic mass is 10.1. The molecule has 20 heavy (non-hydrogen) atoms. The van der Waals surface area contributed by atoms with Gasteiger partial charge in [0.05, 0.1) is 5.52 Å². The molecule has 5 heteroatoms. The predicted octanol–water partition coefficient (Wildman–Crippen LogP) is 2.31. The number of phenols is 3. The van der Waals surface area contributed by atoms with Crippen molar-refractivity contribution in [3.8, 4) is 28.5 Å². The van der Waals surface area contributed by atoms with Gasteiger partial charge in [-0.25, -0.2) is 0 Å².